The second kappa shape index (κ2) is 3.70. The van der Waals surface area contributed by atoms with E-state index in [9.17, 15) is 5.26 Å². The summed E-state index contributed by atoms with van der Waals surface area (Å²) in [5.41, 5.74) is 0.893. The molecule has 1 fully saturated rings. The highest BCUT2D eigenvalue weighted by Crippen LogP contribution is 2.41. The first-order chi connectivity index (χ1) is 6.80. The normalized spacial score (nSPS) is 19.4. The summed E-state index contributed by atoms with van der Waals surface area (Å²) in [6.07, 6.45) is 5.32. The minimum absolute atomic E-state index is 0.238. The van der Waals surface area contributed by atoms with Crippen LogP contribution in [-0.2, 0) is 11.8 Å². The summed E-state index contributed by atoms with van der Waals surface area (Å²) in [4.78, 5) is 4.55. The summed E-state index contributed by atoms with van der Waals surface area (Å²) >= 11 is 1.66. The zero-order valence-corrected chi connectivity index (χ0v) is 9.23. The maximum Gasteiger partial charge on any atom is 0.113 e. The Bertz CT molecular complexity index is 356. The molecule has 2 nitrogen and oxygen atoms in total. The lowest BCUT2D eigenvalue weighted by Gasteiger charge is -2.15. The summed E-state index contributed by atoms with van der Waals surface area (Å²) in [5, 5.41) is 12.4. The van der Waals surface area contributed by atoms with E-state index in [1.807, 2.05) is 0 Å². The number of nitriles is 1. The van der Waals surface area contributed by atoms with E-state index >= 15 is 0 Å². The van der Waals surface area contributed by atoms with E-state index < -0.39 is 0 Å². The van der Waals surface area contributed by atoms with Crippen molar-refractivity contribution in [2.75, 3.05) is 0 Å². The average Bonchev–Trinajstić information content (AvgIpc) is 2.87. The van der Waals surface area contributed by atoms with E-state index in [-0.39, 0.29) is 5.41 Å². The fraction of sp³-hybridized carbons (Fsp3) is 0.636. The first-order valence-corrected chi connectivity index (χ1v) is 6.05. The van der Waals surface area contributed by atoms with Crippen LogP contribution < -0.4 is 0 Å². The van der Waals surface area contributed by atoms with Crippen LogP contribution >= 0.6 is 11.3 Å². The van der Waals surface area contributed by atoms with Crippen LogP contribution in [-0.4, -0.2) is 4.98 Å². The van der Waals surface area contributed by atoms with Gasteiger partial charge >= 0.3 is 0 Å². The molecular formula is C11H14N2S. The fourth-order valence-electron chi connectivity index (χ4n) is 2.04. The van der Waals surface area contributed by atoms with Crippen molar-refractivity contribution in [3.63, 3.8) is 0 Å². The van der Waals surface area contributed by atoms with Gasteiger partial charge in [-0.3, -0.25) is 0 Å². The van der Waals surface area contributed by atoms with Crippen molar-refractivity contribution < 1.29 is 0 Å². The first-order valence-electron chi connectivity index (χ1n) is 5.17. The average molecular weight is 206 g/mol. The molecule has 0 amide bonds. The van der Waals surface area contributed by atoms with Crippen LogP contribution in [0.15, 0.2) is 5.38 Å². The smallest absolute Gasteiger partial charge is 0.113 e. The molecule has 1 heterocycles. The third-order valence-corrected chi connectivity index (χ3v) is 4.09. The van der Waals surface area contributed by atoms with Gasteiger partial charge in [-0.1, -0.05) is 19.8 Å². The topological polar surface area (TPSA) is 36.7 Å². The Morgan fingerprint density at radius 1 is 1.57 bits per heavy atom. The number of aromatic nitrogens is 1. The highest BCUT2D eigenvalue weighted by Gasteiger charge is 2.38. The summed E-state index contributed by atoms with van der Waals surface area (Å²) in [5.74, 6) is 0. The van der Waals surface area contributed by atoms with Gasteiger partial charge in [-0.05, 0) is 19.3 Å². The second-order valence-corrected chi connectivity index (χ2v) is 4.76. The molecule has 1 aromatic rings. The maximum absolute atomic E-state index is 9.27. The van der Waals surface area contributed by atoms with Crippen molar-refractivity contribution in [2.24, 2.45) is 0 Å². The molecular weight excluding hydrogens is 192 g/mol. The lowest BCUT2D eigenvalue weighted by molar-refractivity contribution is 0.567. The Labute approximate surface area is 88.6 Å². The molecule has 0 N–H and O–H groups in total. The van der Waals surface area contributed by atoms with Crippen LogP contribution in [0.25, 0.3) is 0 Å². The number of hydrogen-bond acceptors (Lipinski definition) is 3. The monoisotopic (exact) mass is 206 g/mol. The predicted octanol–water partition coefficient (Wildman–Crippen LogP) is 3.04. The number of aryl methyl sites for hydroxylation is 1. The molecule has 1 aliphatic carbocycles. The van der Waals surface area contributed by atoms with Crippen LogP contribution in [0, 0.1) is 11.3 Å². The first kappa shape index (κ1) is 9.67. The minimum Gasteiger partial charge on any atom is -0.245 e. The number of rotatable bonds is 2. The summed E-state index contributed by atoms with van der Waals surface area (Å²) < 4.78 is 0. The Kier molecular flexibility index (Phi) is 2.56. The second-order valence-electron chi connectivity index (χ2n) is 3.90. The van der Waals surface area contributed by atoms with Gasteiger partial charge in [0.05, 0.1) is 11.8 Å². The minimum atomic E-state index is -0.238. The van der Waals surface area contributed by atoms with E-state index in [1.165, 1.54) is 12.8 Å². The van der Waals surface area contributed by atoms with E-state index in [1.54, 1.807) is 11.3 Å². The zero-order chi connectivity index (χ0) is 10.0. The predicted molar refractivity (Wildman–Crippen MR) is 57.3 cm³/mol. The number of nitrogens with zero attached hydrogens (tertiary/aromatic N) is 2. The van der Waals surface area contributed by atoms with Crippen molar-refractivity contribution in [3.05, 3.63) is 16.1 Å². The largest absolute Gasteiger partial charge is 0.245 e. The van der Waals surface area contributed by atoms with E-state index in [2.05, 4.69) is 23.4 Å². The third-order valence-electron chi connectivity index (χ3n) is 2.99. The van der Waals surface area contributed by atoms with Gasteiger partial charge in [0.25, 0.3) is 0 Å². The molecule has 0 spiro atoms. The summed E-state index contributed by atoms with van der Waals surface area (Å²) in [6, 6.07) is 2.48. The Morgan fingerprint density at radius 2 is 2.29 bits per heavy atom. The molecule has 74 valence electrons. The molecule has 0 aliphatic heterocycles. The highest BCUT2D eigenvalue weighted by molar-refractivity contribution is 7.09. The molecule has 0 saturated heterocycles. The SMILES string of the molecule is CCc1csc(C2(C#N)CCCC2)n1. The Hall–Kier alpha value is -0.880. The van der Waals surface area contributed by atoms with Gasteiger partial charge in [0.2, 0.25) is 0 Å². The molecule has 0 bridgehead atoms. The van der Waals surface area contributed by atoms with Gasteiger partial charge < -0.3 is 0 Å². The van der Waals surface area contributed by atoms with Gasteiger partial charge in [0.15, 0.2) is 0 Å². The quantitative estimate of drug-likeness (QED) is 0.745. The molecule has 0 atom stereocenters. The number of thiazole rings is 1. The summed E-state index contributed by atoms with van der Waals surface area (Å²) in [7, 11) is 0. The fourth-order valence-corrected chi connectivity index (χ4v) is 3.15. The Balaban J connectivity index is 2.32. The molecule has 1 aliphatic rings. The molecule has 3 heteroatoms. The van der Waals surface area contributed by atoms with Crippen LogP contribution in [0.5, 0.6) is 0 Å². The van der Waals surface area contributed by atoms with Crippen LogP contribution in [0.4, 0.5) is 0 Å². The molecule has 1 aromatic heterocycles. The van der Waals surface area contributed by atoms with Crippen molar-refractivity contribution in [1.29, 1.82) is 5.26 Å². The van der Waals surface area contributed by atoms with Gasteiger partial charge in [-0.2, -0.15) is 5.26 Å². The lowest BCUT2D eigenvalue weighted by Crippen LogP contribution is -2.18. The van der Waals surface area contributed by atoms with Crippen molar-refractivity contribution in [3.8, 4) is 6.07 Å². The number of hydrogen-bond donors (Lipinski definition) is 0. The van der Waals surface area contributed by atoms with Gasteiger partial charge in [0.1, 0.15) is 10.4 Å². The van der Waals surface area contributed by atoms with Crippen LogP contribution in [0.3, 0.4) is 0 Å². The van der Waals surface area contributed by atoms with Crippen molar-refractivity contribution in [2.45, 2.75) is 44.4 Å². The van der Waals surface area contributed by atoms with Crippen molar-refractivity contribution >= 4 is 11.3 Å². The zero-order valence-electron chi connectivity index (χ0n) is 8.42. The van der Waals surface area contributed by atoms with Gasteiger partial charge in [-0.25, -0.2) is 4.98 Å². The van der Waals surface area contributed by atoms with Gasteiger partial charge in [-0.15, -0.1) is 11.3 Å². The summed E-state index contributed by atoms with van der Waals surface area (Å²) in [6.45, 7) is 2.10. The van der Waals surface area contributed by atoms with Crippen LogP contribution in [0.1, 0.15) is 43.3 Å². The lowest BCUT2D eigenvalue weighted by atomic mass is 9.89. The van der Waals surface area contributed by atoms with E-state index in [0.29, 0.717) is 0 Å². The molecule has 0 unspecified atom stereocenters. The Morgan fingerprint density at radius 3 is 2.79 bits per heavy atom. The molecule has 14 heavy (non-hydrogen) atoms. The van der Waals surface area contributed by atoms with Crippen LogP contribution in [0.2, 0.25) is 0 Å². The molecule has 0 radical (unpaired) electrons. The molecule has 2 rings (SSSR count). The van der Waals surface area contributed by atoms with Crippen molar-refractivity contribution in [1.82, 2.24) is 4.98 Å². The maximum atomic E-state index is 9.27. The highest BCUT2D eigenvalue weighted by atomic mass is 32.1. The molecule has 0 aromatic carbocycles. The van der Waals surface area contributed by atoms with Gasteiger partial charge in [0, 0.05) is 5.38 Å². The van der Waals surface area contributed by atoms with E-state index in [0.717, 1.165) is 30.0 Å². The van der Waals surface area contributed by atoms with E-state index in [4.69, 9.17) is 0 Å². The standard InChI is InChI=1S/C11H14N2S/c1-2-9-7-14-10(13-9)11(8-12)5-3-4-6-11/h7H,2-6H2,1H3. The third kappa shape index (κ3) is 1.44. The molecule has 1 saturated carbocycles.